The third kappa shape index (κ3) is 4.47. The number of carbonyl (C=O) groups excluding carboxylic acids is 2. The van der Waals surface area contributed by atoms with Crippen molar-refractivity contribution in [1.82, 2.24) is 0 Å². The molecule has 25 heavy (non-hydrogen) atoms. The molecule has 0 atom stereocenters. The molecule has 0 saturated heterocycles. The number of halogens is 3. The highest BCUT2D eigenvalue weighted by atomic mass is 19.4. The predicted molar refractivity (Wildman–Crippen MR) is 88.8 cm³/mol. The summed E-state index contributed by atoms with van der Waals surface area (Å²) in [7, 11) is 0. The van der Waals surface area contributed by atoms with Gasteiger partial charge in [-0.05, 0) is 30.2 Å². The second kappa shape index (κ2) is 7.21. The molecule has 0 unspecified atom stereocenters. The van der Waals surface area contributed by atoms with E-state index in [-0.39, 0.29) is 16.8 Å². The predicted octanol–water partition coefficient (Wildman–Crippen LogP) is 3.68. The topological polar surface area (TPSA) is 72.2 Å². The van der Waals surface area contributed by atoms with E-state index in [0.717, 1.165) is 0 Å². The number of allylic oxidation sites excluding steroid dienone is 1. The minimum absolute atomic E-state index is 0.118. The largest absolute Gasteiger partial charge is 0.417 e. The summed E-state index contributed by atoms with van der Waals surface area (Å²) in [6.07, 6.45) is -4.20. The second-order valence-electron chi connectivity index (χ2n) is 5.25. The molecule has 0 saturated carbocycles. The summed E-state index contributed by atoms with van der Waals surface area (Å²) in [6.45, 7) is 1.54. The van der Waals surface area contributed by atoms with Crippen LogP contribution in [0.5, 0.6) is 0 Å². The standard InChI is InChI=1S/C18H15F3N2O2/c1-11-13(17(22)25)8-5-9-15(11)23-16(24)10-14(18(19,20)21)12-6-3-2-4-7-12/h2-10H,1H3,(H2,22,25)(H,23,24). The van der Waals surface area contributed by atoms with Crippen molar-refractivity contribution in [1.29, 1.82) is 0 Å². The number of nitrogens with two attached hydrogens (primary N) is 1. The van der Waals surface area contributed by atoms with Gasteiger partial charge in [-0.25, -0.2) is 0 Å². The molecule has 0 aliphatic rings. The van der Waals surface area contributed by atoms with Crippen LogP contribution in [0.1, 0.15) is 21.5 Å². The van der Waals surface area contributed by atoms with E-state index < -0.39 is 23.6 Å². The number of amides is 2. The highest BCUT2D eigenvalue weighted by molar-refractivity contribution is 6.06. The minimum atomic E-state index is -4.69. The third-order valence-corrected chi connectivity index (χ3v) is 3.52. The molecule has 2 rings (SSSR count). The number of rotatable bonds is 4. The summed E-state index contributed by atoms with van der Waals surface area (Å²) in [5.41, 5.74) is 4.81. The molecule has 0 fully saturated rings. The van der Waals surface area contributed by atoms with E-state index in [1.807, 2.05) is 0 Å². The fourth-order valence-electron chi connectivity index (χ4n) is 2.28. The van der Waals surface area contributed by atoms with Crippen LogP contribution in [-0.4, -0.2) is 18.0 Å². The van der Waals surface area contributed by atoms with E-state index in [2.05, 4.69) is 5.32 Å². The lowest BCUT2D eigenvalue weighted by molar-refractivity contribution is -0.112. The van der Waals surface area contributed by atoms with Gasteiger partial charge in [0.05, 0.1) is 5.57 Å². The van der Waals surface area contributed by atoms with Crippen LogP contribution in [-0.2, 0) is 4.79 Å². The minimum Gasteiger partial charge on any atom is -0.366 e. The number of nitrogens with one attached hydrogen (secondary N) is 1. The Hall–Kier alpha value is -3.09. The summed E-state index contributed by atoms with van der Waals surface area (Å²) >= 11 is 0. The van der Waals surface area contributed by atoms with Crippen molar-refractivity contribution >= 4 is 23.1 Å². The lowest BCUT2D eigenvalue weighted by atomic mass is 10.0. The van der Waals surface area contributed by atoms with Crippen LogP contribution < -0.4 is 11.1 Å². The van der Waals surface area contributed by atoms with Gasteiger partial charge in [0.25, 0.3) is 0 Å². The zero-order chi connectivity index (χ0) is 18.6. The Kier molecular flexibility index (Phi) is 5.26. The summed E-state index contributed by atoms with van der Waals surface area (Å²) in [4.78, 5) is 23.4. The average Bonchev–Trinajstić information content (AvgIpc) is 2.54. The number of primary amides is 1. The van der Waals surface area contributed by atoms with Crippen molar-refractivity contribution in [3.63, 3.8) is 0 Å². The van der Waals surface area contributed by atoms with Gasteiger partial charge in [0.15, 0.2) is 0 Å². The maximum Gasteiger partial charge on any atom is 0.417 e. The number of carbonyl (C=O) groups is 2. The molecule has 130 valence electrons. The fraction of sp³-hybridized carbons (Fsp3) is 0.111. The number of anilines is 1. The van der Waals surface area contributed by atoms with Crippen LogP contribution in [0, 0.1) is 6.92 Å². The van der Waals surface area contributed by atoms with Gasteiger partial charge < -0.3 is 11.1 Å². The normalized spacial score (nSPS) is 11.9. The second-order valence-corrected chi connectivity index (χ2v) is 5.25. The molecule has 0 radical (unpaired) electrons. The van der Waals surface area contributed by atoms with Crippen LogP contribution in [0.2, 0.25) is 0 Å². The van der Waals surface area contributed by atoms with Crippen molar-refractivity contribution in [2.45, 2.75) is 13.1 Å². The fourth-order valence-corrected chi connectivity index (χ4v) is 2.28. The molecule has 2 aromatic carbocycles. The summed E-state index contributed by atoms with van der Waals surface area (Å²) in [5, 5.41) is 2.35. The van der Waals surface area contributed by atoms with E-state index >= 15 is 0 Å². The monoisotopic (exact) mass is 348 g/mol. The van der Waals surface area contributed by atoms with Crippen molar-refractivity contribution in [2.24, 2.45) is 5.73 Å². The van der Waals surface area contributed by atoms with E-state index in [9.17, 15) is 22.8 Å². The molecule has 3 N–H and O–H groups in total. The summed E-state index contributed by atoms with van der Waals surface area (Å²) in [5.74, 6) is -1.65. The van der Waals surface area contributed by atoms with Crippen LogP contribution in [0.4, 0.5) is 18.9 Å². The van der Waals surface area contributed by atoms with Crippen molar-refractivity contribution in [3.05, 3.63) is 71.3 Å². The molecule has 0 aromatic heterocycles. The third-order valence-electron chi connectivity index (χ3n) is 3.52. The Bertz CT molecular complexity index is 828. The first kappa shape index (κ1) is 18.3. The van der Waals surface area contributed by atoms with Gasteiger partial charge in [0.1, 0.15) is 0 Å². The van der Waals surface area contributed by atoms with E-state index in [1.165, 1.54) is 42.5 Å². The Morgan fingerprint density at radius 1 is 1.04 bits per heavy atom. The smallest absolute Gasteiger partial charge is 0.366 e. The molecular weight excluding hydrogens is 333 g/mol. The summed E-state index contributed by atoms with van der Waals surface area (Å²) in [6, 6.07) is 11.4. The maximum atomic E-state index is 13.2. The highest BCUT2D eigenvalue weighted by Crippen LogP contribution is 2.33. The van der Waals surface area contributed by atoms with Gasteiger partial charge in [-0.1, -0.05) is 36.4 Å². The summed E-state index contributed by atoms with van der Waals surface area (Å²) < 4.78 is 39.7. The first-order chi connectivity index (χ1) is 11.7. The van der Waals surface area contributed by atoms with Gasteiger partial charge in [-0.2, -0.15) is 13.2 Å². The van der Waals surface area contributed by atoms with Gasteiger partial charge in [-0.15, -0.1) is 0 Å². The Morgan fingerprint density at radius 2 is 1.68 bits per heavy atom. The van der Waals surface area contributed by atoms with Crippen LogP contribution in [0.25, 0.3) is 5.57 Å². The van der Waals surface area contributed by atoms with Crippen LogP contribution in [0.15, 0.2) is 54.6 Å². The van der Waals surface area contributed by atoms with Gasteiger partial charge in [0.2, 0.25) is 11.8 Å². The van der Waals surface area contributed by atoms with Crippen molar-refractivity contribution in [3.8, 4) is 0 Å². The van der Waals surface area contributed by atoms with E-state index in [0.29, 0.717) is 11.6 Å². The number of alkyl halides is 3. The molecule has 4 nitrogen and oxygen atoms in total. The zero-order valence-corrected chi connectivity index (χ0v) is 13.2. The molecule has 2 amide bonds. The Morgan fingerprint density at radius 3 is 2.24 bits per heavy atom. The van der Waals surface area contributed by atoms with E-state index in [4.69, 9.17) is 5.73 Å². The molecular formula is C18H15F3N2O2. The number of hydrogen-bond acceptors (Lipinski definition) is 2. The van der Waals surface area contributed by atoms with E-state index in [1.54, 1.807) is 13.0 Å². The number of hydrogen-bond donors (Lipinski definition) is 2. The lowest BCUT2D eigenvalue weighted by Crippen LogP contribution is -2.18. The average molecular weight is 348 g/mol. The highest BCUT2D eigenvalue weighted by Gasteiger charge is 2.35. The Labute approximate surface area is 142 Å². The molecule has 0 bridgehead atoms. The zero-order valence-electron chi connectivity index (χ0n) is 13.2. The molecule has 0 spiro atoms. The SMILES string of the molecule is Cc1c(NC(=O)C=C(c2ccccc2)C(F)(F)F)cccc1C(N)=O. The molecule has 7 heteroatoms. The van der Waals surface area contributed by atoms with Crippen molar-refractivity contribution < 1.29 is 22.8 Å². The maximum absolute atomic E-state index is 13.2. The van der Waals surface area contributed by atoms with Crippen molar-refractivity contribution in [2.75, 3.05) is 5.32 Å². The first-order valence-electron chi connectivity index (χ1n) is 7.25. The van der Waals surface area contributed by atoms with Gasteiger partial charge >= 0.3 is 6.18 Å². The van der Waals surface area contributed by atoms with Gasteiger partial charge in [0, 0.05) is 17.3 Å². The molecule has 2 aromatic rings. The molecule has 0 aliphatic carbocycles. The first-order valence-corrected chi connectivity index (χ1v) is 7.25. The Balaban J connectivity index is 2.35. The molecule has 0 heterocycles. The number of benzene rings is 2. The lowest BCUT2D eigenvalue weighted by Gasteiger charge is -2.13. The van der Waals surface area contributed by atoms with Crippen LogP contribution in [0.3, 0.4) is 0 Å². The van der Waals surface area contributed by atoms with Gasteiger partial charge in [-0.3, -0.25) is 9.59 Å². The quantitative estimate of drug-likeness (QED) is 0.828. The molecule has 0 aliphatic heterocycles. The van der Waals surface area contributed by atoms with Crippen LogP contribution >= 0.6 is 0 Å².